The zero-order valence-electron chi connectivity index (χ0n) is 16.5. The molecule has 0 bridgehead atoms. The van der Waals surface area contributed by atoms with E-state index in [1.165, 1.54) is 11.3 Å². The van der Waals surface area contributed by atoms with E-state index in [9.17, 15) is 0 Å². The van der Waals surface area contributed by atoms with Gasteiger partial charge in [0.2, 0.25) is 0 Å². The van der Waals surface area contributed by atoms with Crippen molar-refractivity contribution in [2.45, 2.75) is 6.54 Å². The van der Waals surface area contributed by atoms with Gasteiger partial charge in [-0.2, -0.15) is 0 Å². The second kappa shape index (κ2) is 11.8. The molecule has 2 radical (unpaired) electrons. The summed E-state index contributed by atoms with van der Waals surface area (Å²) >= 11 is 23.0. The number of rotatable bonds is 6. The summed E-state index contributed by atoms with van der Waals surface area (Å²) in [4.78, 5) is 5.53. The maximum Gasteiger partial charge on any atom is 0.375 e. The number of nitrogens with zero attached hydrogens (tertiary/aromatic N) is 2. The lowest BCUT2D eigenvalue weighted by Crippen LogP contribution is -2.40. The number of aliphatic imine (C=N–C) groups is 1. The molecule has 32 heavy (non-hydrogen) atoms. The zero-order valence-corrected chi connectivity index (χ0v) is 19.6. The van der Waals surface area contributed by atoms with Gasteiger partial charge in [-0.05, 0) is 90.7 Å². The highest BCUT2D eigenvalue weighted by atomic mass is 35.5. The van der Waals surface area contributed by atoms with Gasteiger partial charge in [0.1, 0.15) is 11.5 Å². The van der Waals surface area contributed by atoms with Crippen LogP contribution in [-0.2, 0) is 11.2 Å². The molecular formula is C22H15BCl2N2O3S2. The number of hydrogen-bond acceptors (Lipinski definition) is 6. The summed E-state index contributed by atoms with van der Waals surface area (Å²) in [6, 6.07) is 21.0. The van der Waals surface area contributed by atoms with Gasteiger partial charge in [-0.3, -0.25) is 4.99 Å². The molecular weight excluding hydrogens is 486 g/mol. The van der Waals surface area contributed by atoms with Crippen LogP contribution in [0.2, 0.25) is 10.0 Å². The Kier molecular flexibility index (Phi) is 8.87. The van der Waals surface area contributed by atoms with Crippen molar-refractivity contribution >= 4 is 78.1 Å². The molecule has 0 spiro atoms. The molecule has 0 aliphatic heterocycles. The normalized spacial score (nSPS) is 10.6. The van der Waals surface area contributed by atoms with Crippen molar-refractivity contribution in [1.82, 2.24) is 0 Å². The van der Waals surface area contributed by atoms with Crippen LogP contribution in [0.15, 0.2) is 77.8 Å². The summed E-state index contributed by atoms with van der Waals surface area (Å²) in [5.41, 5.74) is 1.57. The first-order valence-corrected chi connectivity index (χ1v) is 10.7. The Morgan fingerprint density at radius 2 is 1.28 bits per heavy atom. The number of halogens is 2. The second-order valence-electron chi connectivity index (χ2n) is 6.23. The van der Waals surface area contributed by atoms with Crippen LogP contribution in [0.3, 0.4) is 0 Å². The molecule has 3 rings (SSSR count). The lowest BCUT2D eigenvalue weighted by Gasteiger charge is -2.25. The lowest BCUT2D eigenvalue weighted by atomic mass is 10.2. The first kappa shape index (κ1) is 24.0. The van der Waals surface area contributed by atoms with Gasteiger partial charge in [0.15, 0.2) is 6.40 Å². The van der Waals surface area contributed by atoms with Gasteiger partial charge in [-0.15, -0.1) is 0 Å². The summed E-state index contributed by atoms with van der Waals surface area (Å²) < 4.78 is 16.0. The van der Waals surface area contributed by atoms with E-state index < -0.39 is 0 Å². The van der Waals surface area contributed by atoms with Crippen molar-refractivity contribution in [2.24, 2.45) is 4.99 Å². The van der Waals surface area contributed by atoms with E-state index in [1.54, 1.807) is 48.5 Å². The molecule has 0 N–H and O–H groups in total. The topological polar surface area (TPSA) is 43.3 Å². The molecule has 0 saturated carbocycles. The smallest absolute Gasteiger partial charge is 0.375 e. The van der Waals surface area contributed by atoms with Gasteiger partial charge >= 0.3 is 8.05 Å². The number of anilines is 1. The SMILES string of the molecule is [B]OC=NCc1ccc(N(C(=S)Oc2ccc(Cl)cc2)C(=S)Oc2ccc(Cl)cc2)cc1. The fraction of sp³-hybridized carbons (Fsp3) is 0.0455. The highest BCUT2D eigenvalue weighted by Gasteiger charge is 2.21. The van der Waals surface area contributed by atoms with Crippen molar-refractivity contribution in [3.05, 3.63) is 88.4 Å². The van der Waals surface area contributed by atoms with Crippen LogP contribution in [0.4, 0.5) is 5.69 Å². The fourth-order valence-electron chi connectivity index (χ4n) is 2.52. The van der Waals surface area contributed by atoms with Crippen LogP contribution >= 0.6 is 47.6 Å². The van der Waals surface area contributed by atoms with E-state index in [0.717, 1.165) is 5.56 Å². The number of hydrogen-bond donors (Lipinski definition) is 0. The van der Waals surface area contributed by atoms with Crippen molar-refractivity contribution in [1.29, 1.82) is 0 Å². The van der Waals surface area contributed by atoms with E-state index in [-0.39, 0.29) is 10.3 Å². The highest BCUT2D eigenvalue weighted by Crippen LogP contribution is 2.23. The molecule has 10 heteroatoms. The highest BCUT2D eigenvalue weighted by molar-refractivity contribution is 7.82. The van der Waals surface area contributed by atoms with Gasteiger partial charge in [0.25, 0.3) is 10.3 Å². The molecule has 0 aromatic heterocycles. The average molecular weight is 501 g/mol. The van der Waals surface area contributed by atoms with Crippen LogP contribution in [0.5, 0.6) is 11.5 Å². The maximum atomic E-state index is 5.95. The molecule has 0 saturated heterocycles. The molecule has 3 aromatic carbocycles. The molecule has 0 fully saturated rings. The zero-order chi connectivity index (χ0) is 22.9. The molecule has 0 amide bonds. The summed E-state index contributed by atoms with van der Waals surface area (Å²) in [6.45, 7) is 0.398. The largest absolute Gasteiger partial charge is 0.560 e. The predicted octanol–water partition coefficient (Wildman–Crippen LogP) is 6.16. The van der Waals surface area contributed by atoms with Crippen LogP contribution < -0.4 is 14.4 Å². The molecule has 160 valence electrons. The van der Waals surface area contributed by atoms with Crippen molar-refractivity contribution in [3.63, 3.8) is 0 Å². The Bertz CT molecular complexity index is 1040. The average Bonchev–Trinajstić information content (AvgIpc) is 2.78. The maximum absolute atomic E-state index is 5.95. The second-order valence-corrected chi connectivity index (χ2v) is 7.80. The quantitative estimate of drug-likeness (QED) is 0.175. The molecule has 5 nitrogen and oxygen atoms in total. The Morgan fingerprint density at radius 1 is 0.812 bits per heavy atom. The fourth-order valence-corrected chi connectivity index (χ4v) is 3.40. The molecule has 0 unspecified atom stereocenters. The van der Waals surface area contributed by atoms with Crippen LogP contribution in [0.25, 0.3) is 0 Å². The van der Waals surface area contributed by atoms with Crippen molar-refractivity contribution in [2.75, 3.05) is 4.90 Å². The minimum atomic E-state index is 0.0774. The molecule has 0 atom stereocenters. The third-order valence-electron chi connectivity index (χ3n) is 4.01. The monoisotopic (exact) mass is 500 g/mol. The van der Waals surface area contributed by atoms with Gasteiger partial charge in [0, 0.05) is 10.0 Å². The van der Waals surface area contributed by atoms with Crippen LogP contribution in [0, 0.1) is 0 Å². The molecule has 0 heterocycles. The molecule has 0 aliphatic carbocycles. The van der Waals surface area contributed by atoms with Gasteiger partial charge < -0.3 is 14.1 Å². The third-order valence-corrected chi connectivity index (χ3v) is 5.04. The Labute approximate surface area is 208 Å². The predicted molar refractivity (Wildman–Crippen MR) is 137 cm³/mol. The van der Waals surface area contributed by atoms with Crippen LogP contribution in [0.1, 0.15) is 5.56 Å². The van der Waals surface area contributed by atoms with Crippen molar-refractivity contribution in [3.8, 4) is 11.5 Å². The summed E-state index contributed by atoms with van der Waals surface area (Å²) in [5, 5.41) is 1.32. The van der Waals surface area contributed by atoms with E-state index >= 15 is 0 Å². The summed E-state index contributed by atoms with van der Waals surface area (Å²) in [6.07, 6.45) is 1.17. The third kappa shape index (κ3) is 6.93. The van der Waals surface area contributed by atoms with E-state index in [4.69, 9.17) is 65.2 Å². The molecule has 3 aromatic rings. The summed E-state index contributed by atoms with van der Waals surface area (Å²) in [7, 11) is 4.94. The van der Waals surface area contributed by atoms with E-state index in [2.05, 4.69) is 9.65 Å². The number of benzene rings is 3. The lowest BCUT2D eigenvalue weighted by molar-refractivity contribution is 0.530. The Morgan fingerprint density at radius 3 is 1.72 bits per heavy atom. The number of thiocarbonyl (C=S) groups is 2. The standard InChI is InChI=1S/C22H15BCl2N2O3S2/c23-28-14-26-13-15-1-7-18(8-2-15)27(21(31)29-19-9-3-16(24)4-10-19)22(32)30-20-11-5-17(25)6-12-20/h1-12,14H,13H2. The van der Waals surface area contributed by atoms with Gasteiger partial charge in [0.05, 0.1) is 12.2 Å². The van der Waals surface area contributed by atoms with E-state index in [1.807, 2.05) is 24.3 Å². The summed E-state index contributed by atoms with van der Waals surface area (Å²) in [5.74, 6) is 1.01. The molecule has 0 aliphatic rings. The van der Waals surface area contributed by atoms with Gasteiger partial charge in [-0.25, -0.2) is 4.90 Å². The van der Waals surface area contributed by atoms with Crippen LogP contribution in [-0.4, -0.2) is 24.8 Å². The first-order chi connectivity index (χ1) is 15.5. The minimum absolute atomic E-state index is 0.0774. The van der Waals surface area contributed by atoms with Crippen molar-refractivity contribution < 1.29 is 14.1 Å². The Balaban J connectivity index is 1.84. The van der Waals surface area contributed by atoms with E-state index in [0.29, 0.717) is 33.8 Å². The number of ether oxygens (including phenoxy) is 2. The first-order valence-electron chi connectivity index (χ1n) is 9.14. The van der Waals surface area contributed by atoms with Gasteiger partial charge in [-0.1, -0.05) is 35.3 Å². The minimum Gasteiger partial charge on any atom is -0.560 e. The Hall–Kier alpha value is -2.65.